The molecule has 0 aliphatic rings. The van der Waals surface area contributed by atoms with Crippen molar-refractivity contribution in [2.45, 2.75) is 0 Å². The van der Waals surface area contributed by atoms with Crippen LogP contribution in [0.2, 0.25) is 5.02 Å². The molecule has 0 radical (unpaired) electrons. The van der Waals surface area contributed by atoms with Crippen LogP contribution in [0, 0.1) is 15.2 Å². The molecule has 0 bridgehead atoms. The topological polar surface area (TPSA) is 0 Å². The van der Waals surface area contributed by atoms with E-state index in [4.69, 9.17) is 11.6 Å². The molecule has 1 aromatic carbocycles. The molecule has 0 aromatic heterocycles. The van der Waals surface area contributed by atoms with Gasteiger partial charge in [0.1, 0.15) is 0 Å². The van der Waals surface area contributed by atoms with Crippen molar-refractivity contribution in [3.8, 4) is 0 Å². The molecule has 0 atom stereocenters. The molecule has 10 heavy (non-hydrogen) atoms. The van der Waals surface area contributed by atoms with Crippen LogP contribution < -0.4 is 0 Å². The second-order valence-corrected chi connectivity index (χ2v) is 3.28. The van der Waals surface area contributed by atoms with Gasteiger partial charge in [-0.05, 0) is 34.7 Å². The Hall–Kier alpha value is 0.1000. The summed E-state index contributed by atoms with van der Waals surface area (Å²) in [7, 11) is 0. The molecule has 54 valence electrons. The molecule has 0 amide bonds. The fourth-order valence-electron chi connectivity index (χ4n) is 0.525. The highest BCUT2D eigenvalue weighted by atomic mass is 127. The summed E-state index contributed by atoms with van der Waals surface area (Å²) in [6.45, 7) is 0. The third kappa shape index (κ3) is 1.58. The van der Waals surface area contributed by atoms with Gasteiger partial charge in [-0.25, -0.2) is 8.78 Å². The predicted octanol–water partition coefficient (Wildman–Crippen LogP) is 3.22. The lowest BCUT2D eigenvalue weighted by Crippen LogP contribution is -1.87. The summed E-state index contributed by atoms with van der Waals surface area (Å²) in [4.78, 5) is 0. The van der Waals surface area contributed by atoms with E-state index in [1.54, 1.807) is 22.6 Å². The Morgan fingerprint density at radius 1 is 1.30 bits per heavy atom. The Kier molecular flexibility index (Phi) is 2.46. The Morgan fingerprint density at radius 3 is 2.40 bits per heavy atom. The van der Waals surface area contributed by atoms with Crippen LogP contribution >= 0.6 is 34.2 Å². The molecule has 0 aliphatic heterocycles. The maximum atomic E-state index is 12.5. The van der Waals surface area contributed by atoms with Crippen LogP contribution in [-0.2, 0) is 0 Å². The minimum Gasteiger partial charge on any atom is -0.204 e. The minimum atomic E-state index is -0.906. The molecule has 0 N–H and O–H groups in total. The molecule has 0 fully saturated rings. The lowest BCUT2D eigenvalue weighted by Gasteiger charge is -1.95. The van der Waals surface area contributed by atoms with Crippen molar-refractivity contribution in [1.29, 1.82) is 0 Å². The maximum absolute atomic E-state index is 12.5. The number of hydrogen-bond acceptors (Lipinski definition) is 0. The van der Waals surface area contributed by atoms with Crippen LogP contribution in [0.25, 0.3) is 0 Å². The first kappa shape index (κ1) is 8.20. The van der Waals surface area contributed by atoms with Crippen molar-refractivity contribution >= 4 is 34.2 Å². The van der Waals surface area contributed by atoms with Gasteiger partial charge in [-0.3, -0.25) is 0 Å². The zero-order valence-corrected chi connectivity index (χ0v) is 7.58. The van der Waals surface area contributed by atoms with E-state index in [2.05, 4.69) is 0 Å². The molecule has 0 aliphatic carbocycles. The summed E-state index contributed by atoms with van der Waals surface area (Å²) >= 11 is 7.09. The third-order valence-corrected chi connectivity index (χ3v) is 1.95. The first-order valence-electron chi connectivity index (χ1n) is 2.41. The second kappa shape index (κ2) is 3.00. The molecule has 0 saturated carbocycles. The van der Waals surface area contributed by atoms with Crippen molar-refractivity contribution in [1.82, 2.24) is 0 Å². The predicted molar refractivity (Wildman–Crippen MR) is 44.1 cm³/mol. The SMILES string of the molecule is Fc1cc(Cl)cc(I)c1F. The highest BCUT2D eigenvalue weighted by Gasteiger charge is 2.06. The largest absolute Gasteiger partial charge is 0.204 e. The molecule has 1 aromatic rings. The van der Waals surface area contributed by atoms with Gasteiger partial charge in [-0.1, -0.05) is 11.6 Å². The summed E-state index contributed by atoms with van der Waals surface area (Å²) in [5, 5.41) is 0.211. The van der Waals surface area contributed by atoms with Gasteiger partial charge in [0.25, 0.3) is 0 Å². The Morgan fingerprint density at radius 2 is 1.90 bits per heavy atom. The number of benzene rings is 1. The van der Waals surface area contributed by atoms with E-state index in [-0.39, 0.29) is 8.59 Å². The van der Waals surface area contributed by atoms with Gasteiger partial charge in [0.05, 0.1) is 3.57 Å². The van der Waals surface area contributed by atoms with E-state index in [0.717, 1.165) is 6.07 Å². The molecule has 0 nitrogen and oxygen atoms in total. The molecule has 0 heterocycles. The van der Waals surface area contributed by atoms with E-state index in [1.807, 2.05) is 0 Å². The van der Waals surface area contributed by atoms with E-state index in [0.29, 0.717) is 0 Å². The van der Waals surface area contributed by atoms with Crippen LogP contribution in [-0.4, -0.2) is 0 Å². The molecular formula is C6H2ClF2I. The van der Waals surface area contributed by atoms with Gasteiger partial charge in [-0.2, -0.15) is 0 Å². The fraction of sp³-hybridized carbons (Fsp3) is 0. The average molecular weight is 274 g/mol. The minimum absolute atomic E-state index is 0.197. The molecule has 0 saturated heterocycles. The third-order valence-electron chi connectivity index (χ3n) is 0.949. The lowest BCUT2D eigenvalue weighted by molar-refractivity contribution is 0.504. The zero-order chi connectivity index (χ0) is 7.72. The van der Waals surface area contributed by atoms with E-state index in [9.17, 15) is 8.78 Å². The summed E-state index contributed by atoms with van der Waals surface area (Å²) in [6, 6.07) is 2.31. The second-order valence-electron chi connectivity index (χ2n) is 1.68. The Bertz CT molecular complexity index is 239. The van der Waals surface area contributed by atoms with Crippen LogP contribution in [0.1, 0.15) is 0 Å². The number of rotatable bonds is 0. The molecule has 1 rings (SSSR count). The van der Waals surface area contributed by atoms with E-state index < -0.39 is 11.6 Å². The molecule has 4 heteroatoms. The molecule has 0 unspecified atom stereocenters. The van der Waals surface area contributed by atoms with Crippen LogP contribution in [0.4, 0.5) is 8.78 Å². The van der Waals surface area contributed by atoms with Crippen LogP contribution in [0.15, 0.2) is 12.1 Å². The van der Waals surface area contributed by atoms with Crippen molar-refractivity contribution in [2.75, 3.05) is 0 Å². The zero-order valence-electron chi connectivity index (χ0n) is 4.67. The first-order chi connectivity index (χ1) is 4.61. The van der Waals surface area contributed by atoms with Gasteiger partial charge in [0.15, 0.2) is 11.6 Å². The first-order valence-corrected chi connectivity index (χ1v) is 3.87. The Balaban J connectivity index is 3.31. The van der Waals surface area contributed by atoms with E-state index in [1.165, 1.54) is 6.07 Å². The van der Waals surface area contributed by atoms with Crippen LogP contribution in [0.3, 0.4) is 0 Å². The smallest absolute Gasteiger partial charge is 0.172 e. The number of hydrogen-bond donors (Lipinski definition) is 0. The molecular weight excluding hydrogens is 272 g/mol. The summed E-state index contributed by atoms with van der Waals surface area (Å²) < 4.78 is 25.0. The summed E-state index contributed by atoms with van der Waals surface area (Å²) in [6.07, 6.45) is 0. The summed E-state index contributed by atoms with van der Waals surface area (Å²) in [5.74, 6) is -1.75. The number of halogens is 4. The maximum Gasteiger partial charge on any atom is 0.172 e. The standard InChI is InChI=1S/C6H2ClF2I/c7-3-1-4(8)6(9)5(10)2-3/h1-2H. The van der Waals surface area contributed by atoms with Crippen molar-refractivity contribution in [3.05, 3.63) is 32.4 Å². The van der Waals surface area contributed by atoms with Crippen molar-refractivity contribution < 1.29 is 8.78 Å². The highest BCUT2D eigenvalue weighted by molar-refractivity contribution is 14.1. The lowest BCUT2D eigenvalue weighted by atomic mass is 10.3. The van der Waals surface area contributed by atoms with Gasteiger partial charge < -0.3 is 0 Å². The van der Waals surface area contributed by atoms with Gasteiger partial charge >= 0.3 is 0 Å². The normalized spacial score (nSPS) is 10.0. The van der Waals surface area contributed by atoms with Gasteiger partial charge in [-0.15, -0.1) is 0 Å². The highest BCUT2D eigenvalue weighted by Crippen LogP contribution is 2.19. The van der Waals surface area contributed by atoms with E-state index >= 15 is 0 Å². The summed E-state index contributed by atoms with van der Waals surface area (Å²) in [5.41, 5.74) is 0. The fourth-order valence-corrected chi connectivity index (χ4v) is 1.51. The Labute approximate surface area is 75.3 Å². The average Bonchev–Trinajstić information content (AvgIpc) is 1.82. The van der Waals surface area contributed by atoms with Crippen LogP contribution in [0.5, 0.6) is 0 Å². The van der Waals surface area contributed by atoms with Crippen molar-refractivity contribution in [3.63, 3.8) is 0 Å². The van der Waals surface area contributed by atoms with Gasteiger partial charge in [0, 0.05) is 5.02 Å². The van der Waals surface area contributed by atoms with Gasteiger partial charge in [0.2, 0.25) is 0 Å². The monoisotopic (exact) mass is 274 g/mol. The van der Waals surface area contributed by atoms with Crippen molar-refractivity contribution in [2.24, 2.45) is 0 Å². The molecule has 0 spiro atoms. The quantitative estimate of drug-likeness (QED) is 0.387.